The van der Waals surface area contributed by atoms with Crippen molar-refractivity contribution in [2.75, 3.05) is 18.5 Å². The molecule has 1 aromatic carbocycles. The quantitative estimate of drug-likeness (QED) is 0.434. The van der Waals surface area contributed by atoms with E-state index in [0.717, 1.165) is 49.1 Å². The average molecular weight is 500 g/mol. The van der Waals surface area contributed by atoms with Gasteiger partial charge in [0.05, 0.1) is 24.1 Å². The van der Waals surface area contributed by atoms with Crippen molar-refractivity contribution in [2.24, 2.45) is 11.8 Å². The van der Waals surface area contributed by atoms with Gasteiger partial charge in [-0.2, -0.15) is 0 Å². The molecule has 4 rings (SSSR count). The first-order chi connectivity index (χ1) is 17.3. The van der Waals surface area contributed by atoms with E-state index in [0.29, 0.717) is 17.5 Å². The Bertz CT molecular complexity index is 1220. The first-order valence-corrected chi connectivity index (χ1v) is 11.9. The van der Waals surface area contributed by atoms with E-state index in [1.807, 2.05) is 6.07 Å². The second-order valence-corrected chi connectivity index (χ2v) is 9.39. The Morgan fingerprint density at radius 3 is 2.42 bits per heavy atom. The predicted octanol–water partition coefficient (Wildman–Crippen LogP) is 5.72. The first kappa shape index (κ1) is 25.6. The van der Waals surface area contributed by atoms with Crippen LogP contribution in [-0.4, -0.2) is 34.2 Å². The fourth-order valence-electron chi connectivity index (χ4n) is 5.02. The lowest BCUT2D eigenvalue weighted by molar-refractivity contribution is 0.102. The molecule has 1 fully saturated rings. The van der Waals surface area contributed by atoms with E-state index in [4.69, 9.17) is 9.84 Å². The molecule has 2 aromatic heterocycles. The number of aromatic nitrogens is 2. The number of amides is 1. The van der Waals surface area contributed by atoms with Crippen LogP contribution in [0.3, 0.4) is 0 Å². The van der Waals surface area contributed by atoms with Crippen LogP contribution >= 0.6 is 0 Å². The summed E-state index contributed by atoms with van der Waals surface area (Å²) in [6.07, 6.45) is 6.39. The molecule has 9 heteroatoms. The van der Waals surface area contributed by atoms with Gasteiger partial charge in [0.15, 0.2) is 0 Å². The van der Waals surface area contributed by atoms with Crippen LogP contribution in [0.1, 0.15) is 55.1 Å². The zero-order chi connectivity index (χ0) is 25.8. The number of ether oxygens (including phenoxy) is 1. The molecular weight excluding hydrogens is 471 g/mol. The Morgan fingerprint density at radius 1 is 1.06 bits per heavy atom. The summed E-state index contributed by atoms with van der Waals surface area (Å²) in [6.45, 7) is 3.94. The Kier molecular flexibility index (Phi) is 7.88. The second kappa shape index (κ2) is 11.1. The maximum absolute atomic E-state index is 14.7. The van der Waals surface area contributed by atoms with Gasteiger partial charge in [0.2, 0.25) is 0 Å². The molecule has 0 bridgehead atoms. The third kappa shape index (κ3) is 5.67. The first-order valence-electron chi connectivity index (χ1n) is 11.9. The van der Waals surface area contributed by atoms with Crippen LogP contribution in [0.15, 0.2) is 42.7 Å². The summed E-state index contributed by atoms with van der Waals surface area (Å²) in [5.41, 5.74) is -0.0525. The molecule has 36 heavy (non-hydrogen) atoms. The lowest BCUT2D eigenvalue weighted by atomic mass is 9.74. The summed E-state index contributed by atoms with van der Waals surface area (Å²) in [6, 6.07) is 5.73. The Hall–Kier alpha value is -3.46. The standard InChI is InChI=1S/C27H28F3N3O3/c1-15-9-16(2)11-17(10-15)19-5-6-31-14-24(19)33-27(35)23-4-3-20(28)26(32-23)25-21(29)12-18(13-22(25)30)36-8-7-34/h3-6,12-17,34H,7-11H2,1-2H3,(H,33,35). The maximum atomic E-state index is 14.7. The molecule has 1 amide bonds. The van der Waals surface area contributed by atoms with E-state index in [1.165, 1.54) is 0 Å². The van der Waals surface area contributed by atoms with Crippen molar-refractivity contribution in [3.8, 4) is 17.0 Å². The van der Waals surface area contributed by atoms with Gasteiger partial charge in [-0.15, -0.1) is 0 Å². The molecular formula is C27H28F3N3O3. The molecule has 6 nitrogen and oxygen atoms in total. The van der Waals surface area contributed by atoms with Crippen molar-refractivity contribution >= 4 is 11.6 Å². The van der Waals surface area contributed by atoms with Gasteiger partial charge in [-0.05, 0) is 60.8 Å². The number of carbonyl (C=O) groups is 1. The molecule has 1 aliphatic carbocycles. The summed E-state index contributed by atoms with van der Waals surface area (Å²) in [5.74, 6) is -2.64. The Morgan fingerprint density at radius 2 is 1.75 bits per heavy atom. The number of hydrogen-bond donors (Lipinski definition) is 2. The van der Waals surface area contributed by atoms with E-state index >= 15 is 0 Å². The molecule has 3 aromatic rings. The normalized spacial score (nSPS) is 19.7. The number of pyridine rings is 2. The van der Waals surface area contributed by atoms with Crippen LogP contribution in [0.4, 0.5) is 18.9 Å². The van der Waals surface area contributed by atoms with Crippen molar-refractivity contribution in [1.29, 1.82) is 0 Å². The SMILES string of the molecule is CC1CC(C)CC(c2ccncc2NC(=O)c2ccc(F)c(-c3c(F)cc(OCCO)cc3F)n2)C1. The van der Waals surface area contributed by atoms with Gasteiger partial charge < -0.3 is 15.2 Å². The molecule has 1 aliphatic rings. The van der Waals surface area contributed by atoms with E-state index < -0.39 is 34.6 Å². The van der Waals surface area contributed by atoms with Crippen molar-refractivity contribution < 1.29 is 27.8 Å². The highest BCUT2D eigenvalue weighted by Gasteiger charge is 2.27. The number of aliphatic hydroxyl groups is 1. The van der Waals surface area contributed by atoms with Gasteiger partial charge in [0.1, 0.15) is 41.2 Å². The molecule has 2 unspecified atom stereocenters. The molecule has 0 aliphatic heterocycles. The van der Waals surface area contributed by atoms with Crippen molar-refractivity contribution in [2.45, 2.75) is 39.0 Å². The average Bonchev–Trinajstić information content (AvgIpc) is 2.83. The van der Waals surface area contributed by atoms with Crippen LogP contribution in [0, 0.1) is 29.3 Å². The zero-order valence-electron chi connectivity index (χ0n) is 20.1. The number of anilines is 1. The molecule has 190 valence electrons. The number of nitrogens with zero attached hydrogens (tertiary/aromatic N) is 2. The van der Waals surface area contributed by atoms with Crippen LogP contribution < -0.4 is 10.1 Å². The van der Waals surface area contributed by atoms with Crippen molar-refractivity contribution in [1.82, 2.24) is 9.97 Å². The van der Waals surface area contributed by atoms with Crippen molar-refractivity contribution in [3.05, 3.63) is 71.4 Å². The summed E-state index contributed by atoms with van der Waals surface area (Å²) in [4.78, 5) is 21.1. The van der Waals surface area contributed by atoms with Gasteiger partial charge in [-0.1, -0.05) is 13.8 Å². The van der Waals surface area contributed by atoms with Gasteiger partial charge in [-0.3, -0.25) is 9.78 Å². The Balaban J connectivity index is 1.62. The summed E-state index contributed by atoms with van der Waals surface area (Å²) < 4.78 is 49.0. The third-order valence-corrected chi connectivity index (χ3v) is 6.41. The van der Waals surface area contributed by atoms with E-state index in [2.05, 4.69) is 29.1 Å². The highest BCUT2D eigenvalue weighted by Crippen LogP contribution is 2.41. The van der Waals surface area contributed by atoms with Crippen LogP contribution in [0.2, 0.25) is 0 Å². The molecule has 2 heterocycles. The molecule has 2 atom stereocenters. The van der Waals surface area contributed by atoms with Crippen molar-refractivity contribution in [3.63, 3.8) is 0 Å². The minimum atomic E-state index is -1.11. The fraction of sp³-hybridized carbons (Fsp3) is 0.370. The molecule has 0 radical (unpaired) electrons. The number of rotatable bonds is 7. The molecule has 0 saturated heterocycles. The number of carbonyl (C=O) groups excluding carboxylic acids is 1. The number of halogens is 3. The topological polar surface area (TPSA) is 84.3 Å². The van der Waals surface area contributed by atoms with Gasteiger partial charge >= 0.3 is 0 Å². The highest BCUT2D eigenvalue weighted by atomic mass is 19.1. The van der Waals surface area contributed by atoms with Crippen LogP contribution in [0.25, 0.3) is 11.3 Å². The number of nitrogens with one attached hydrogen (secondary N) is 1. The van der Waals surface area contributed by atoms with E-state index in [-0.39, 0.29) is 30.6 Å². The number of hydrogen-bond acceptors (Lipinski definition) is 5. The summed E-state index contributed by atoms with van der Waals surface area (Å²) in [5, 5.41) is 11.6. The van der Waals surface area contributed by atoms with Crippen LogP contribution in [0.5, 0.6) is 5.75 Å². The lowest BCUT2D eigenvalue weighted by Gasteiger charge is -2.32. The summed E-state index contributed by atoms with van der Waals surface area (Å²) in [7, 11) is 0. The lowest BCUT2D eigenvalue weighted by Crippen LogP contribution is -2.21. The minimum absolute atomic E-state index is 0.157. The third-order valence-electron chi connectivity index (χ3n) is 6.41. The number of benzene rings is 1. The van der Waals surface area contributed by atoms with Crippen LogP contribution in [-0.2, 0) is 0 Å². The zero-order valence-corrected chi connectivity index (χ0v) is 20.1. The van der Waals surface area contributed by atoms with Gasteiger partial charge in [0, 0.05) is 18.3 Å². The fourth-order valence-corrected chi connectivity index (χ4v) is 5.02. The maximum Gasteiger partial charge on any atom is 0.274 e. The molecule has 2 N–H and O–H groups in total. The van der Waals surface area contributed by atoms with E-state index in [1.54, 1.807) is 12.4 Å². The Labute approximate surface area is 207 Å². The van der Waals surface area contributed by atoms with Gasteiger partial charge in [0.25, 0.3) is 5.91 Å². The predicted molar refractivity (Wildman–Crippen MR) is 129 cm³/mol. The number of aliphatic hydroxyl groups excluding tert-OH is 1. The highest BCUT2D eigenvalue weighted by molar-refractivity contribution is 6.03. The van der Waals surface area contributed by atoms with E-state index in [9.17, 15) is 18.0 Å². The molecule has 0 spiro atoms. The summed E-state index contributed by atoms with van der Waals surface area (Å²) >= 11 is 0. The largest absolute Gasteiger partial charge is 0.491 e. The minimum Gasteiger partial charge on any atom is -0.491 e. The monoisotopic (exact) mass is 499 g/mol. The van der Waals surface area contributed by atoms with Gasteiger partial charge in [-0.25, -0.2) is 18.2 Å². The molecule has 1 saturated carbocycles. The second-order valence-electron chi connectivity index (χ2n) is 9.39. The smallest absolute Gasteiger partial charge is 0.274 e.